The minimum absolute atomic E-state index is 0. The van der Waals surface area contributed by atoms with Gasteiger partial charge in [-0.05, 0) is 12.8 Å². The lowest BCUT2D eigenvalue weighted by Gasteiger charge is -2.31. The van der Waals surface area contributed by atoms with Crippen LogP contribution in [-0.4, -0.2) is 28.7 Å². The van der Waals surface area contributed by atoms with Gasteiger partial charge in [-0.1, -0.05) is 0 Å². The Hall–Kier alpha value is -0.980. The number of hydrogen-bond donors (Lipinski definition) is 2. The number of H-pyrrole nitrogens is 1. The Morgan fingerprint density at radius 3 is 2.33 bits per heavy atom. The molecule has 1 saturated heterocycles. The molecule has 1 fully saturated rings. The summed E-state index contributed by atoms with van der Waals surface area (Å²) in [5.41, 5.74) is 5.13. The maximum atomic E-state index is 11.5. The second kappa shape index (κ2) is 6.82. The van der Waals surface area contributed by atoms with E-state index in [0.717, 1.165) is 30.5 Å². The Balaban J connectivity index is 0.00000144. The Bertz CT molecular complexity index is 460. The number of aromatic nitrogens is 2. The standard InChI is InChI=1S/C10H16N4O2.2ClH/c1-13-9(15)6-8(12-10(13)16)14-4-2-7(11)3-5-14;;/h6-7H,2-5,11H2,1H3,(H,12,16);2*1H. The number of anilines is 1. The smallest absolute Gasteiger partial charge is 0.329 e. The molecule has 1 aliphatic heterocycles. The van der Waals surface area contributed by atoms with E-state index in [1.165, 1.54) is 13.1 Å². The van der Waals surface area contributed by atoms with Crippen LogP contribution >= 0.6 is 24.8 Å². The second-order valence-electron chi connectivity index (χ2n) is 4.18. The molecule has 1 aliphatic rings. The van der Waals surface area contributed by atoms with Crippen molar-refractivity contribution < 1.29 is 0 Å². The van der Waals surface area contributed by atoms with Crippen LogP contribution < -0.4 is 21.9 Å². The molecule has 2 rings (SSSR count). The third-order valence-electron chi connectivity index (χ3n) is 3.01. The van der Waals surface area contributed by atoms with Crippen molar-refractivity contribution in [3.05, 3.63) is 26.9 Å². The van der Waals surface area contributed by atoms with E-state index in [1.807, 2.05) is 4.90 Å². The van der Waals surface area contributed by atoms with Gasteiger partial charge in [-0.25, -0.2) is 4.79 Å². The normalized spacial score (nSPS) is 15.8. The summed E-state index contributed by atoms with van der Waals surface area (Å²) in [5, 5.41) is 0. The topological polar surface area (TPSA) is 84.1 Å². The predicted octanol–water partition coefficient (Wildman–Crippen LogP) is -0.155. The molecule has 0 saturated carbocycles. The number of piperidine rings is 1. The minimum Gasteiger partial charge on any atom is -0.358 e. The molecule has 6 nitrogen and oxygen atoms in total. The van der Waals surface area contributed by atoms with E-state index >= 15 is 0 Å². The maximum absolute atomic E-state index is 11.5. The number of nitrogens with one attached hydrogen (secondary N) is 1. The van der Waals surface area contributed by atoms with Gasteiger partial charge in [0.2, 0.25) is 0 Å². The van der Waals surface area contributed by atoms with Gasteiger partial charge in [0.1, 0.15) is 5.82 Å². The molecule has 104 valence electrons. The molecule has 0 spiro atoms. The van der Waals surface area contributed by atoms with E-state index < -0.39 is 0 Å². The van der Waals surface area contributed by atoms with E-state index in [0.29, 0.717) is 5.82 Å². The van der Waals surface area contributed by atoms with Crippen molar-refractivity contribution in [2.45, 2.75) is 18.9 Å². The van der Waals surface area contributed by atoms with Crippen molar-refractivity contribution in [1.82, 2.24) is 9.55 Å². The molecular formula is C10H18Cl2N4O2. The molecule has 0 aliphatic carbocycles. The van der Waals surface area contributed by atoms with E-state index in [2.05, 4.69) is 4.98 Å². The summed E-state index contributed by atoms with van der Waals surface area (Å²) in [6.45, 7) is 1.56. The van der Waals surface area contributed by atoms with Crippen molar-refractivity contribution in [1.29, 1.82) is 0 Å². The van der Waals surface area contributed by atoms with Crippen LogP contribution in [0, 0.1) is 0 Å². The Labute approximate surface area is 117 Å². The number of aromatic amines is 1. The first-order valence-corrected chi connectivity index (χ1v) is 5.39. The predicted molar refractivity (Wildman–Crippen MR) is 76.2 cm³/mol. The molecule has 1 aromatic heterocycles. The van der Waals surface area contributed by atoms with E-state index in [9.17, 15) is 9.59 Å². The zero-order valence-corrected chi connectivity index (χ0v) is 11.7. The number of nitrogens with two attached hydrogens (primary N) is 1. The number of rotatable bonds is 1. The summed E-state index contributed by atoms with van der Waals surface area (Å²) in [5.74, 6) is 0.597. The minimum atomic E-state index is -0.377. The number of halogens is 2. The van der Waals surface area contributed by atoms with Crippen molar-refractivity contribution in [3.8, 4) is 0 Å². The van der Waals surface area contributed by atoms with Gasteiger partial charge in [0.05, 0.1) is 0 Å². The van der Waals surface area contributed by atoms with Gasteiger partial charge < -0.3 is 10.6 Å². The molecular weight excluding hydrogens is 279 g/mol. The highest BCUT2D eigenvalue weighted by atomic mass is 35.5. The van der Waals surface area contributed by atoms with Gasteiger partial charge in [0.25, 0.3) is 5.56 Å². The van der Waals surface area contributed by atoms with Gasteiger partial charge in [0.15, 0.2) is 0 Å². The van der Waals surface area contributed by atoms with Crippen molar-refractivity contribution in [2.24, 2.45) is 12.8 Å². The zero-order chi connectivity index (χ0) is 11.7. The van der Waals surface area contributed by atoms with Crippen LogP contribution in [-0.2, 0) is 7.05 Å². The van der Waals surface area contributed by atoms with Crippen LogP contribution in [0.1, 0.15) is 12.8 Å². The molecule has 8 heteroatoms. The van der Waals surface area contributed by atoms with Gasteiger partial charge in [-0.2, -0.15) is 0 Å². The van der Waals surface area contributed by atoms with Gasteiger partial charge in [0, 0.05) is 32.2 Å². The average Bonchev–Trinajstić information content (AvgIpc) is 2.26. The van der Waals surface area contributed by atoms with Crippen LogP contribution in [0.25, 0.3) is 0 Å². The van der Waals surface area contributed by atoms with Crippen LogP contribution in [0.2, 0.25) is 0 Å². The lowest BCUT2D eigenvalue weighted by molar-refractivity contribution is 0.497. The lowest BCUT2D eigenvalue weighted by atomic mass is 10.1. The molecule has 2 heterocycles. The summed E-state index contributed by atoms with van der Waals surface area (Å²) in [6, 6.07) is 1.69. The average molecular weight is 297 g/mol. The van der Waals surface area contributed by atoms with Gasteiger partial charge >= 0.3 is 5.69 Å². The molecule has 3 N–H and O–H groups in total. The molecule has 0 bridgehead atoms. The van der Waals surface area contributed by atoms with Crippen LogP contribution in [0.5, 0.6) is 0 Å². The van der Waals surface area contributed by atoms with Crippen LogP contribution in [0.4, 0.5) is 5.82 Å². The largest absolute Gasteiger partial charge is 0.358 e. The van der Waals surface area contributed by atoms with Crippen molar-refractivity contribution in [3.63, 3.8) is 0 Å². The maximum Gasteiger partial charge on any atom is 0.329 e. The van der Waals surface area contributed by atoms with E-state index in [-0.39, 0.29) is 42.1 Å². The van der Waals surface area contributed by atoms with Gasteiger partial charge in [-0.3, -0.25) is 14.3 Å². The van der Waals surface area contributed by atoms with Crippen molar-refractivity contribution in [2.75, 3.05) is 18.0 Å². The molecule has 0 radical (unpaired) electrons. The molecule has 0 unspecified atom stereocenters. The molecule has 0 aromatic carbocycles. The van der Waals surface area contributed by atoms with E-state index in [4.69, 9.17) is 5.73 Å². The summed E-state index contributed by atoms with van der Waals surface area (Å²) in [4.78, 5) is 27.6. The quantitative estimate of drug-likeness (QED) is 0.755. The highest BCUT2D eigenvalue weighted by Crippen LogP contribution is 2.13. The number of hydrogen-bond acceptors (Lipinski definition) is 4. The summed E-state index contributed by atoms with van der Waals surface area (Å²) < 4.78 is 1.05. The molecule has 0 atom stereocenters. The SMILES string of the molecule is Cl.Cl.Cn1c(=O)cc(N2CCC(N)CC2)[nH]c1=O. The zero-order valence-electron chi connectivity index (χ0n) is 10.1. The fraction of sp³-hybridized carbons (Fsp3) is 0.600. The highest BCUT2D eigenvalue weighted by Gasteiger charge is 2.17. The first-order chi connectivity index (χ1) is 7.58. The summed E-state index contributed by atoms with van der Waals surface area (Å²) in [6.07, 6.45) is 1.77. The number of nitrogens with zero attached hydrogens (tertiary/aromatic N) is 2. The Morgan fingerprint density at radius 2 is 1.83 bits per heavy atom. The lowest BCUT2D eigenvalue weighted by Crippen LogP contribution is -2.42. The monoisotopic (exact) mass is 296 g/mol. The molecule has 18 heavy (non-hydrogen) atoms. The second-order valence-corrected chi connectivity index (χ2v) is 4.18. The van der Waals surface area contributed by atoms with Crippen LogP contribution in [0.3, 0.4) is 0 Å². The third kappa shape index (κ3) is 3.51. The van der Waals surface area contributed by atoms with Gasteiger partial charge in [-0.15, -0.1) is 24.8 Å². The Kier molecular flexibility index (Phi) is 6.45. The third-order valence-corrected chi connectivity index (χ3v) is 3.01. The Morgan fingerprint density at radius 1 is 1.28 bits per heavy atom. The first-order valence-electron chi connectivity index (χ1n) is 5.39. The van der Waals surface area contributed by atoms with Crippen molar-refractivity contribution >= 4 is 30.6 Å². The molecule has 1 aromatic rings. The fourth-order valence-corrected chi connectivity index (χ4v) is 1.85. The summed E-state index contributed by atoms with van der Waals surface area (Å²) >= 11 is 0. The van der Waals surface area contributed by atoms with E-state index in [1.54, 1.807) is 0 Å². The first kappa shape index (κ1) is 17.0. The summed E-state index contributed by atoms with van der Waals surface area (Å²) in [7, 11) is 1.46. The highest BCUT2D eigenvalue weighted by molar-refractivity contribution is 5.85. The fourth-order valence-electron chi connectivity index (χ4n) is 1.85. The van der Waals surface area contributed by atoms with Crippen LogP contribution in [0.15, 0.2) is 15.7 Å². The molecule has 0 amide bonds.